The normalized spacial score (nSPS) is 29.7. The molecule has 2 bridgehead atoms. The number of fused-ring (bicyclic) bond motifs is 2. The Labute approximate surface area is 93.1 Å². The molecule has 1 nitrogen and oxygen atoms in total. The van der Waals surface area contributed by atoms with Crippen LogP contribution in [0.1, 0.15) is 19.3 Å². The molecule has 98 valence electrons. The highest BCUT2D eigenvalue weighted by atomic mass is 19.4. The summed E-state index contributed by atoms with van der Waals surface area (Å²) in [4.78, 5) is 0. The van der Waals surface area contributed by atoms with Crippen LogP contribution in [0.3, 0.4) is 0 Å². The van der Waals surface area contributed by atoms with Gasteiger partial charge in [-0.2, -0.15) is 26.3 Å². The van der Waals surface area contributed by atoms with Gasteiger partial charge >= 0.3 is 12.4 Å². The summed E-state index contributed by atoms with van der Waals surface area (Å²) in [5, 5.41) is 9.19. The molecule has 1 N–H and O–H groups in total. The molecule has 0 heterocycles. The monoisotopic (exact) mass is 260 g/mol. The van der Waals surface area contributed by atoms with Gasteiger partial charge < -0.3 is 5.11 Å². The van der Waals surface area contributed by atoms with Crippen molar-refractivity contribution < 1.29 is 31.4 Å². The molecule has 17 heavy (non-hydrogen) atoms. The van der Waals surface area contributed by atoms with Crippen LogP contribution in [-0.4, -0.2) is 23.1 Å². The lowest BCUT2D eigenvalue weighted by Crippen LogP contribution is -2.59. The fraction of sp³-hybridized carbons (Fsp3) is 0.800. The average Bonchev–Trinajstić information content (AvgIpc) is 2.73. The van der Waals surface area contributed by atoms with Crippen LogP contribution in [0.2, 0.25) is 0 Å². The van der Waals surface area contributed by atoms with Gasteiger partial charge in [0.1, 0.15) is 0 Å². The molecule has 0 radical (unpaired) electrons. The van der Waals surface area contributed by atoms with Crippen molar-refractivity contribution in [3.63, 3.8) is 0 Å². The zero-order chi connectivity index (χ0) is 13.1. The van der Waals surface area contributed by atoms with Crippen LogP contribution in [0.5, 0.6) is 0 Å². The molecule has 1 saturated carbocycles. The highest BCUT2D eigenvalue weighted by Gasteiger charge is 2.73. The van der Waals surface area contributed by atoms with Crippen molar-refractivity contribution in [3.8, 4) is 0 Å². The van der Waals surface area contributed by atoms with E-state index in [1.54, 1.807) is 0 Å². The Morgan fingerprint density at radius 3 is 1.82 bits per heavy atom. The molecule has 0 aromatic carbocycles. The van der Waals surface area contributed by atoms with E-state index in [4.69, 9.17) is 0 Å². The SMILES string of the molecule is OC(C1=CC2CCC1C2)(C(F)(F)F)C(F)(F)F. The number of aliphatic hydroxyl groups is 1. The summed E-state index contributed by atoms with van der Waals surface area (Å²) in [7, 11) is 0. The number of halogens is 6. The molecule has 0 saturated heterocycles. The van der Waals surface area contributed by atoms with Crippen molar-refractivity contribution in [3.05, 3.63) is 11.6 Å². The van der Waals surface area contributed by atoms with Crippen molar-refractivity contribution in [2.45, 2.75) is 37.2 Å². The fourth-order valence-corrected chi connectivity index (χ4v) is 2.74. The third-order valence-electron chi connectivity index (χ3n) is 3.57. The summed E-state index contributed by atoms with van der Waals surface area (Å²) >= 11 is 0. The van der Waals surface area contributed by atoms with Gasteiger partial charge in [0.25, 0.3) is 5.60 Å². The minimum atomic E-state index is -5.73. The lowest BCUT2D eigenvalue weighted by molar-refractivity contribution is -0.353. The molecule has 0 spiro atoms. The van der Waals surface area contributed by atoms with Gasteiger partial charge in [0, 0.05) is 0 Å². The molecule has 0 aliphatic heterocycles. The van der Waals surface area contributed by atoms with E-state index in [9.17, 15) is 31.4 Å². The molecule has 0 amide bonds. The molecule has 2 aliphatic carbocycles. The minimum Gasteiger partial charge on any atom is -0.370 e. The van der Waals surface area contributed by atoms with E-state index in [0.717, 1.165) is 6.08 Å². The number of rotatable bonds is 1. The smallest absolute Gasteiger partial charge is 0.370 e. The van der Waals surface area contributed by atoms with Gasteiger partial charge in [-0.25, -0.2) is 0 Å². The van der Waals surface area contributed by atoms with E-state index in [2.05, 4.69) is 0 Å². The van der Waals surface area contributed by atoms with Crippen LogP contribution < -0.4 is 0 Å². The van der Waals surface area contributed by atoms with Crippen molar-refractivity contribution in [1.82, 2.24) is 0 Å². The molecule has 2 rings (SSSR count). The number of allylic oxidation sites excluding steroid dienone is 1. The standard InChI is InChI=1S/C10H10F6O/c11-9(12,13)8(17,10(14,15)16)7-4-5-1-2-6(7)3-5/h4-6,17H,1-3H2. The molecule has 2 unspecified atom stereocenters. The summed E-state index contributed by atoms with van der Waals surface area (Å²) in [6, 6.07) is 0. The van der Waals surface area contributed by atoms with E-state index in [0.29, 0.717) is 6.42 Å². The molecule has 2 atom stereocenters. The maximum Gasteiger partial charge on any atom is 0.430 e. The van der Waals surface area contributed by atoms with Gasteiger partial charge in [0.2, 0.25) is 0 Å². The summed E-state index contributed by atoms with van der Waals surface area (Å²) in [6.45, 7) is 0. The second-order valence-electron chi connectivity index (χ2n) is 4.60. The second kappa shape index (κ2) is 3.40. The molecule has 0 aromatic heterocycles. The lowest BCUT2D eigenvalue weighted by atomic mass is 9.83. The second-order valence-corrected chi connectivity index (χ2v) is 4.60. The number of hydrogen-bond donors (Lipinski definition) is 1. The maximum absolute atomic E-state index is 12.6. The van der Waals surface area contributed by atoms with Gasteiger partial charge in [0.15, 0.2) is 0 Å². The zero-order valence-electron chi connectivity index (χ0n) is 8.57. The Bertz CT molecular complexity index is 339. The van der Waals surface area contributed by atoms with E-state index in [1.165, 1.54) is 0 Å². The van der Waals surface area contributed by atoms with Crippen LogP contribution in [0.25, 0.3) is 0 Å². The summed E-state index contributed by atoms with van der Waals surface area (Å²) < 4.78 is 75.4. The quantitative estimate of drug-likeness (QED) is 0.567. The van der Waals surface area contributed by atoms with Crippen molar-refractivity contribution in [2.75, 3.05) is 0 Å². The first-order valence-electron chi connectivity index (χ1n) is 5.15. The molecule has 7 heteroatoms. The van der Waals surface area contributed by atoms with Gasteiger partial charge in [-0.3, -0.25) is 0 Å². The Kier molecular flexibility index (Phi) is 2.54. The van der Waals surface area contributed by atoms with Crippen molar-refractivity contribution in [2.24, 2.45) is 11.8 Å². The van der Waals surface area contributed by atoms with Crippen LogP contribution >= 0.6 is 0 Å². The number of hydrogen-bond acceptors (Lipinski definition) is 1. The molecule has 1 fully saturated rings. The van der Waals surface area contributed by atoms with Gasteiger partial charge in [-0.1, -0.05) is 6.08 Å². The average molecular weight is 260 g/mol. The van der Waals surface area contributed by atoms with Crippen molar-refractivity contribution in [1.29, 1.82) is 0 Å². The highest BCUT2D eigenvalue weighted by molar-refractivity contribution is 5.32. The van der Waals surface area contributed by atoms with Crippen LogP contribution in [0, 0.1) is 11.8 Å². The lowest BCUT2D eigenvalue weighted by Gasteiger charge is -2.36. The molecular formula is C10H10F6O. The third kappa shape index (κ3) is 1.66. The van der Waals surface area contributed by atoms with Crippen LogP contribution in [-0.2, 0) is 0 Å². The Morgan fingerprint density at radius 1 is 1.00 bits per heavy atom. The van der Waals surface area contributed by atoms with Crippen molar-refractivity contribution >= 4 is 0 Å². The maximum atomic E-state index is 12.6. The first kappa shape index (κ1) is 12.7. The van der Waals surface area contributed by atoms with Gasteiger partial charge in [-0.15, -0.1) is 0 Å². The Hall–Kier alpha value is -0.720. The third-order valence-corrected chi connectivity index (χ3v) is 3.57. The zero-order valence-corrected chi connectivity index (χ0v) is 8.57. The largest absolute Gasteiger partial charge is 0.430 e. The van der Waals surface area contributed by atoms with Crippen LogP contribution in [0.15, 0.2) is 11.6 Å². The van der Waals surface area contributed by atoms with E-state index in [-0.39, 0.29) is 18.8 Å². The summed E-state index contributed by atoms with van der Waals surface area (Å²) in [5.74, 6) is -1.06. The predicted molar refractivity (Wildman–Crippen MR) is 46.0 cm³/mol. The van der Waals surface area contributed by atoms with E-state index in [1.807, 2.05) is 0 Å². The summed E-state index contributed by atoms with van der Waals surface area (Å²) in [5.41, 5.74) is -5.59. The predicted octanol–water partition coefficient (Wildman–Crippen LogP) is 3.20. The molecular weight excluding hydrogens is 250 g/mol. The fourth-order valence-electron chi connectivity index (χ4n) is 2.74. The first-order valence-corrected chi connectivity index (χ1v) is 5.15. The highest BCUT2D eigenvalue weighted by Crippen LogP contribution is 2.56. The van der Waals surface area contributed by atoms with Crippen LogP contribution in [0.4, 0.5) is 26.3 Å². The topological polar surface area (TPSA) is 20.2 Å². The Balaban J connectivity index is 2.46. The molecule has 2 aliphatic rings. The molecule has 0 aromatic rings. The van der Waals surface area contributed by atoms with Gasteiger partial charge in [0.05, 0.1) is 0 Å². The van der Waals surface area contributed by atoms with Gasteiger partial charge in [-0.05, 0) is 36.7 Å². The number of alkyl halides is 6. The van der Waals surface area contributed by atoms with E-state index >= 15 is 0 Å². The minimum absolute atomic E-state index is 0.258. The van der Waals surface area contributed by atoms with E-state index < -0.39 is 29.4 Å². The summed E-state index contributed by atoms with van der Waals surface area (Å²) in [6.07, 6.45) is -9.35. The Morgan fingerprint density at radius 2 is 1.53 bits per heavy atom. The first-order chi connectivity index (χ1) is 7.57.